The van der Waals surface area contributed by atoms with Crippen molar-refractivity contribution in [2.45, 2.75) is 43.8 Å². The summed E-state index contributed by atoms with van der Waals surface area (Å²) < 4.78 is 63.9. The van der Waals surface area contributed by atoms with E-state index in [9.17, 15) is 26.4 Å². The Kier molecular flexibility index (Phi) is 7.70. The number of amides is 1. The van der Waals surface area contributed by atoms with Crippen LogP contribution >= 0.6 is 11.6 Å². The number of hydrogen-bond donors (Lipinski definition) is 1. The standard InChI is InChI=1S/C22H20ClF3N6O3S/c1-12(2)19-30-20(32(31-19)18-5-4-14(9-27)10-28-18)13(3)29-21(33)15-6-16(23)8-17(7-15)36(34,35)11-22(24,25)26/h4-8,10,12-13H,11H2,1-3H3,(H,29,33)/t13-/m0/s1. The Morgan fingerprint density at radius 3 is 2.47 bits per heavy atom. The summed E-state index contributed by atoms with van der Waals surface area (Å²) >= 11 is 5.91. The molecule has 0 aliphatic carbocycles. The SMILES string of the molecule is CC(C)c1nc([C@H](C)NC(=O)c2cc(Cl)cc(S(=O)(=O)CC(F)(F)F)c2)n(-c2ccc(C#N)cn2)n1. The number of hydrogen-bond acceptors (Lipinski definition) is 7. The van der Waals surface area contributed by atoms with Gasteiger partial charge in [0.2, 0.25) is 0 Å². The van der Waals surface area contributed by atoms with Crippen LogP contribution in [0.1, 0.15) is 60.3 Å². The first-order valence-corrected chi connectivity index (χ1v) is 12.5. The van der Waals surface area contributed by atoms with Crippen LogP contribution < -0.4 is 5.32 Å². The van der Waals surface area contributed by atoms with Gasteiger partial charge in [0, 0.05) is 22.7 Å². The van der Waals surface area contributed by atoms with E-state index in [1.807, 2.05) is 19.9 Å². The minimum absolute atomic E-state index is 0.0689. The molecule has 14 heteroatoms. The Balaban J connectivity index is 1.93. The zero-order chi connectivity index (χ0) is 26.8. The highest BCUT2D eigenvalue weighted by Crippen LogP contribution is 2.26. The number of aromatic nitrogens is 4. The quantitative estimate of drug-likeness (QED) is 0.476. The molecule has 0 fully saturated rings. The van der Waals surface area contributed by atoms with Crippen LogP contribution in [0.4, 0.5) is 13.2 Å². The van der Waals surface area contributed by atoms with Crippen LogP contribution in [-0.4, -0.2) is 46.0 Å². The fraction of sp³-hybridized carbons (Fsp3) is 0.318. The van der Waals surface area contributed by atoms with E-state index in [-0.39, 0.29) is 22.3 Å². The molecule has 0 saturated carbocycles. The van der Waals surface area contributed by atoms with Crippen molar-refractivity contribution in [2.75, 3.05) is 5.75 Å². The molecule has 1 aromatic carbocycles. The topological polar surface area (TPSA) is 131 Å². The molecule has 0 aliphatic heterocycles. The number of pyridine rings is 1. The fourth-order valence-corrected chi connectivity index (χ4v) is 4.64. The van der Waals surface area contributed by atoms with E-state index in [0.29, 0.717) is 17.2 Å². The van der Waals surface area contributed by atoms with Gasteiger partial charge in [-0.1, -0.05) is 25.4 Å². The monoisotopic (exact) mass is 540 g/mol. The van der Waals surface area contributed by atoms with Crippen LogP contribution in [0.2, 0.25) is 5.02 Å². The van der Waals surface area contributed by atoms with Crippen molar-refractivity contribution in [1.82, 2.24) is 25.1 Å². The molecule has 36 heavy (non-hydrogen) atoms. The minimum atomic E-state index is -4.96. The molecule has 0 spiro atoms. The second-order valence-corrected chi connectivity index (χ2v) is 10.6. The summed E-state index contributed by atoms with van der Waals surface area (Å²) in [6.45, 7) is 5.33. The largest absolute Gasteiger partial charge is 0.403 e. The number of alkyl halides is 3. The van der Waals surface area contributed by atoms with Crippen molar-refractivity contribution in [3.8, 4) is 11.9 Å². The number of nitrogens with one attached hydrogen (secondary N) is 1. The number of sulfone groups is 1. The molecule has 1 amide bonds. The molecule has 3 aromatic rings. The normalized spacial score (nSPS) is 12.9. The molecule has 190 valence electrons. The van der Waals surface area contributed by atoms with Gasteiger partial charge in [0.15, 0.2) is 33.1 Å². The lowest BCUT2D eigenvalue weighted by Gasteiger charge is -2.15. The van der Waals surface area contributed by atoms with Crippen LogP contribution in [-0.2, 0) is 9.84 Å². The number of benzene rings is 1. The molecule has 0 saturated heterocycles. The Labute approximate surface area is 209 Å². The summed E-state index contributed by atoms with van der Waals surface area (Å²) in [7, 11) is -4.78. The fourth-order valence-electron chi connectivity index (χ4n) is 3.13. The maximum atomic E-state index is 12.9. The second-order valence-electron chi connectivity index (χ2n) is 8.16. The Hall–Kier alpha value is -3.50. The molecular weight excluding hydrogens is 521 g/mol. The highest BCUT2D eigenvalue weighted by Gasteiger charge is 2.36. The van der Waals surface area contributed by atoms with E-state index in [0.717, 1.165) is 18.2 Å². The van der Waals surface area contributed by atoms with Crippen molar-refractivity contribution in [3.63, 3.8) is 0 Å². The molecule has 1 N–H and O–H groups in total. The summed E-state index contributed by atoms with van der Waals surface area (Å²) in [5.74, 6) is -1.86. The molecule has 0 aliphatic rings. The number of nitriles is 1. The van der Waals surface area contributed by atoms with E-state index < -0.39 is 38.6 Å². The molecule has 0 bridgehead atoms. The van der Waals surface area contributed by atoms with Crippen LogP contribution in [0.5, 0.6) is 0 Å². The summed E-state index contributed by atoms with van der Waals surface area (Å²) in [6, 6.07) is 7.10. The number of rotatable bonds is 7. The van der Waals surface area contributed by atoms with Gasteiger partial charge in [-0.3, -0.25) is 4.79 Å². The lowest BCUT2D eigenvalue weighted by molar-refractivity contribution is -0.106. The highest BCUT2D eigenvalue weighted by atomic mass is 35.5. The number of carbonyl (C=O) groups is 1. The minimum Gasteiger partial charge on any atom is -0.342 e. The molecule has 3 rings (SSSR count). The van der Waals surface area contributed by atoms with Crippen LogP contribution in [0.3, 0.4) is 0 Å². The number of halogens is 4. The highest BCUT2D eigenvalue weighted by molar-refractivity contribution is 7.91. The molecule has 9 nitrogen and oxygen atoms in total. The first-order chi connectivity index (χ1) is 16.7. The zero-order valence-electron chi connectivity index (χ0n) is 19.2. The van der Waals surface area contributed by atoms with Crippen LogP contribution in [0, 0.1) is 11.3 Å². The lowest BCUT2D eigenvalue weighted by atomic mass is 10.2. The van der Waals surface area contributed by atoms with Crippen molar-refractivity contribution in [1.29, 1.82) is 5.26 Å². The van der Waals surface area contributed by atoms with Gasteiger partial charge in [0.05, 0.1) is 16.5 Å². The van der Waals surface area contributed by atoms with Crippen LogP contribution in [0.15, 0.2) is 41.4 Å². The van der Waals surface area contributed by atoms with Gasteiger partial charge in [0.1, 0.15) is 6.07 Å². The van der Waals surface area contributed by atoms with Crippen LogP contribution in [0.25, 0.3) is 5.82 Å². The summed E-state index contributed by atoms with van der Waals surface area (Å²) in [5, 5.41) is 15.8. The van der Waals surface area contributed by atoms with Gasteiger partial charge in [-0.15, -0.1) is 5.10 Å². The van der Waals surface area contributed by atoms with Gasteiger partial charge >= 0.3 is 6.18 Å². The lowest BCUT2D eigenvalue weighted by Crippen LogP contribution is -2.29. The van der Waals surface area contributed by atoms with Crippen molar-refractivity contribution in [3.05, 3.63) is 64.3 Å². The first-order valence-electron chi connectivity index (χ1n) is 10.4. The van der Waals surface area contributed by atoms with Gasteiger partial charge in [-0.25, -0.2) is 18.4 Å². The summed E-state index contributed by atoms with van der Waals surface area (Å²) in [5.41, 5.74) is 0.0878. The maximum absolute atomic E-state index is 12.9. The van der Waals surface area contributed by atoms with Gasteiger partial charge in [-0.05, 0) is 37.3 Å². The molecule has 0 unspecified atom stereocenters. The van der Waals surface area contributed by atoms with Gasteiger partial charge in [0.25, 0.3) is 5.91 Å². The average molecular weight is 541 g/mol. The summed E-state index contributed by atoms with van der Waals surface area (Å²) in [6.07, 6.45) is -3.61. The maximum Gasteiger partial charge on any atom is 0.403 e. The Morgan fingerprint density at radius 1 is 1.22 bits per heavy atom. The zero-order valence-corrected chi connectivity index (χ0v) is 20.8. The van der Waals surface area contributed by atoms with Gasteiger partial charge in [-0.2, -0.15) is 23.1 Å². The first kappa shape index (κ1) is 27.1. The van der Waals surface area contributed by atoms with Crippen molar-refractivity contribution >= 4 is 27.3 Å². The number of carbonyl (C=O) groups excluding carboxylic acids is 1. The third-order valence-electron chi connectivity index (χ3n) is 4.84. The smallest absolute Gasteiger partial charge is 0.342 e. The average Bonchev–Trinajstić information content (AvgIpc) is 3.23. The third kappa shape index (κ3) is 6.38. The summed E-state index contributed by atoms with van der Waals surface area (Å²) in [4.78, 5) is 20.9. The Morgan fingerprint density at radius 2 is 1.92 bits per heavy atom. The third-order valence-corrected chi connectivity index (χ3v) is 6.72. The van der Waals surface area contributed by atoms with E-state index >= 15 is 0 Å². The van der Waals surface area contributed by atoms with E-state index in [1.54, 1.807) is 19.1 Å². The predicted molar refractivity (Wildman–Crippen MR) is 123 cm³/mol. The molecule has 2 aromatic heterocycles. The van der Waals surface area contributed by atoms with E-state index in [1.165, 1.54) is 10.9 Å². The molecule has 1 atom stereocenters. The molecule has 0 radical (unpaired) electrons. The molecule has 2 heterocycles. The Bertz CT molecular complexity index is 1430. The number of nitrogens with zero attached hydrogens (tertiary/aromatic N) is 5. The van der Waals surface area contributed by atoms with Crippen molar-refractivity contribution in [2.24, 2.45) is 0 Å². The van der Waals surface area contributed by atoms with E-state index in [4.69, 9.17) is 16.9 Å². The second kappa shape index (κ2) is 10.2. The van der Waals surface area contributed by atoms with Gasteiger partial charge < -0.3 is 5.32 Å². The van der Waals surface area contributed by atoms with Crippen molar-refractivity contribution < 1.29 is 26.4 Å². The predicted octanol–water partition coefficient (Wildman–Crippen LogP) is 4.14. The van der Waals surface area contributed by atoms with E-state index in [2.05, 4.69) is 20.4 Å². The molecular formula is C22H20ClF3N6O3S.